The van der Waals surface area contributed by atoms with E-state index in [0.717, 1.165) is 16.8 Å². The number of esters is 1. The molecule has 0 bridgehead atoms. The minimum absolute atomic E-state index is 0.0279. The van der Waals surface area contributed by atoms with Gasteiger partial charge in [-0.15, -0.1) is 10.1 Å². The van der Waals surface area contributed by atoms with E-state index in [2.05, 4.69) is 15.1 Å². The summed E-state index contributed by atoms with van der Waals surface area (Å²) < 4.78 is 18.4. The number of pyridine rings is 1. The molecule has 3 heterocycles. The maximum Gasteiger partial charge on any atom is 0.306 e. The third-order valence-electron chi connectivity index (χ3n) is 5.48. The molecule has 0 amide bonds. The lowest BCUT2D eigenvalue weighted by atomic mass is 9.91. The predicted octanol–water partition coefficient (Wildman–Crippen LogP) is 2.97. The third-order valence-corrected chi connectivity index (χ3v) is 5.48. The molecule has 2 unspecified atom stereocenters. The molecule has 0 saturated heterocycles. The molecular weight excluding hydrogens is 444 g/mol. The van der Waals surface area contributed by atoms with Gasteiger partial charge in [0.1, 0.15) is 12.7 Å². The van der Waals surface area contributed by atoms with E-state index in [-0.39, 0.29) is 25.5 Å². The first-order valence-corrected chi connectivity index (χ1v) is 11.0. The number of rotatable bonds is 11. The van der Waals surface area contributed by atoms with E-state index in [9.17, 15) is 14.9 Å². The van der Waals surface area contributed by atoms with Crippen molar-refractivity contribution in [2.75, 3.05) is 32.2 Å². The van der Waals surface area contributed by atoms with Crippen LogP contribution in [0.2, 0.25) is 0 Å². The van der Waals surface area contributed by atoms with Gasteiger partial charge in [-0.1, -0.05) is 30.3 Å². The number of carbonyl (C=O) groups is 1. The summed E-state index contributed by atoms with van der Waals surface area (Å²) in [6.45, 7) is 0.710. The number of nitrogens with one attached hydrogen (secondary N) is 1. The predicted molar refractivity (Wildman–Crippen MR) is 121 cm³/mol. The first kappa shape index (κ1) is 23.3. The summed E-state index contributed by atoms with van der Waals surface area (Å²) in [6.07, 6.45) is 3.95. The van der Waals surface area contributed by atoms with Crippen LogP contribution in [0.5, 0.6) is 5.88 Å². The lowest BCUT2D eigenvalue weighted by molar-refractivity contribution is -0.757. The maximum absolute atomic E-state index is 12.5. The zero-order chi connectivity index (χ0) is 23.9. The lowest BCUT2D eigenvalue weighted by Gasteiger charge is -2.34. The molecule has 0 fully saturated rings. The van der Waals surface area contributed by atoms with Crippen molar-refractivity contribution < 1.29 is 28.9 Å². The molecule has 0 spiro atoms. The van der Waals surface area contributed by atoms with Crippen molar-refractivity contribution in [1.82, 2.24) is 9.38 Å². The Kier molecular flexibility index (Phi) is 7.43. The Hall–Kier alpha value is -3.86. The molecule has 4 rings (SSSR count). The Balaban J connectivity index is 1.55. The molecule has 180 valence electrons. The van der Waals surface area contributed by atoms with Gasteiger partial charge in [0.05, 0.1) is 31.1 Å². The van der Waals surface area contributed by atoms with Gasteiger partial charge >= 0.3 is 5.97 Å². The Morgan fingerprint density at radius 3 is 2.82 bits per heavy atom. The maximum atomic E-state index is 12.5. The number of methoxy groups -OCH3 is 1. The topological polar surface area (TPSA) is 126 Å². The molecule has 0 aliphatic carbocycles. The molecule has 3 aromatic rings. The van der Waals surface area contributed by atoms with Crippen molar-refractivity contribution in [3.05, 3.63) is 70.0 Å². The monoisotopic (exact) mass is 470 g/mol. The highest BCUT2D eigenvalue weighted by Crippen LogP contribution is 2.37. The van der Waals surface area contributed by atoms with E-state index in [1.54, 1.807) is 7.11 Å². The normalized spacial score (nSPS) is 17.0. The molecule has 1 aromatic carbocycles. The van der Waals surface area contributed by atoms with E-state index in [0.29, 0.717) is 31.2 Å². The van der Waals surface area contributed by atoms with Crippen LogP contribution in [0, 0.1) is 10.1 Å². The summed E-state index contributed by atoms with van der Waals surface area (Å²) in [5, 5.41) is 12.9. The molecule has 1 aliphatic heterocycles. The zero-order valence-corrected chi connectivity index (χ0v) is 18.7. The number of ether oxygens (including phenoxy) is 3. The van der Waals surface area contributed by atoms with Crippen LogP contribution in [0.15, 0.2) is 48.8 Å². The highest BCUT2D eigenvalue weighted by atomic mass is 16.9. The Labute approximate surface area is 195 Å². The first-order valence-electron chi connectivity index (χ1n) is 11.0. The summed E-state index contributed by atoms with van der Waals surface area (Å²) >= 11 is 0. The lowest BCUT2D eigenvalue weighted by Crippen LogP contribution is -2.36. The van der Waals surface area contributed by atoms with Crippen molar-refractivity contribution in [2.45, 2.75) is 31.4 Å². The fourth-order valence-electron chi connectivity index (χ4n) is 3.93. The van der Waals surface area contributed by atoms with Gasteiger partial charge in [-0.2, -0.15) is 4.98 Å². The van der Waals surface area contributed by atoms with Crippen LogP contribution < -0.4 is 10.1 Å². The fourth-order valence-corrected chi connectivity index (χ4v) is 3.93. The average molecular weight is 470 g/mol. The highest BCUT2D eigenvalue weighted by molar-refractivity contribution is 5.75. The molecule has 0 saturated carbocycles. The molecule has 11 nitrogen and oxygen atoms in total. The minimum atomic E-state index is -0.872. The molecule has 11 heteroatoms. The zero-order valence-electron chi connectivity index (χ0n) is 18.7. The largest absolute Gasteiger partial charge is 0.474 e. The number of carbonyl (C=O) groups excluding carboxylic acids is 1. The number of nitrogens with zero attached hydrogens (tertiary/aromatic N) is 3. The van der Waals surface area contributed by atoms with Gasteiger partial charge in [0.15, 0.2) is 5.65 Å². The van der Waals surface area contributed by atoms with Gasteiger partial charge in [0.25, 0.3) is 5.09 Å². The highest BCUT2D eigenvalue weighted by Gasteiger charge is 2.33. The second kappa shape index (κ2) is 10.8. The number of hydrogen-bond acceptors (Lipinski definition) is 9. The van der Waals surface area contributed by atoms with Gasteiger partial charge in [-0.3, -0.25) is 4.79 Å². The van der Waals surface area contributed by atoms with Crippen molar-refractivity contribution in [2.24, 2.45) is 0 Å². The SMILES string of the molecule is COCCOc1cn2ccc3c(c2n1)NC(c1ccccc1)C(OC(=O)CCCO[N+](=O)[O-])C3. The van der Waals surface area contributed by atoms with E-state index in [1.807, 2.05) is 53.2 Å². The standard InChI is InChI=1S/C23H26N4O7/c1-31-12-13-32-19-15-26-10-9-17-14-18(34-20(28)8-5-11-33-27(29)30)21(16-6-3-2-4-7-16)25-22(17)23(26)24-19/h2-4,6-7,9-10,15,18,21,25H,5,8,11-14H2,1H3. The number of fused-ring (bicyclic) bond motifs is 3. The summed E-state index contributed by atoms with van der Waals surface area (Å²) in [7, 11) is 1.61. The molecular formula is C23H26N4O7. The number of aromatic nitrogens is 2. The average Bonchev–Trinajstić information content (AvgIpc) is 3.25. The number of hydrogen-bond donors (Lipinski definition) is 1. The van der Waals surface area contributed by atoms with Crippen molar-refractivity contribution in [1.29, 1.82) is 0 Å². The smallest absolute Gasteiger partial charge is 0.306 e. The van der Waals surface area contributed by atoms with Gasteiger partial charge in [-0.25, -0.2) is 0 Å². The molecule has 1 N–H and O–H groups in total. The van der Waals surface area contributed by atoms with E-state index in [4.69, 9.17) is 14.2 Å². The second-order valence-corrected chi connectivity index (χ2v) is 7.79. The van der Waals surface area contributed by atoms with Crippen LogP contribution in [-0.2, 0) is 25.5 Å². The number of imidazole rings is 1. The van der Waals surface area contributed by atoms with Crippen LogP contribution in [0.1, 0.15) is 30.0 Å². The van der Waals surface area contributed by atoms with Crippen LogP contribution in [0.3, 0.4) is 0 Å². The Morgan fingerprint density at radius 1 is 1.24 bits per heavy atom. The van der Waals surface area contributed by atoms with Crippen LogP contribution in [0.4, 0.5) is 5.69 Å². The second-order valence-electron chi connectivity index (χ2n) is 7.79. The molecule has 2 aromatic heterocycles. The minimum Gasteiger partial charge on any atom is -0.474 e. The van der Waals surface area contributed by atoms with E-state index < -0.39 is 17.2 Å². The van der Waals surface area contributed by atoms with Crippen LogP contribution in [-0.4, -0.2) is 53.5 Å². The Bertz CT molecular complexity index is 1140. The summed E-state index contributed by atoms with van der Waals surface area (Å²) in [5.74, 6) is 0.0628. The Morgan fingerprint density at radius 2 is 2.06 bits per heavy atom. The van der Waals surface area contributed by atoms with Gasteiger partial charge in [-0.05, 0) is 23.6 Å². The van der Waals surface area contributed by atoms with Crippen molar-refractivity contribution in [3.8, 4) is 5.88 Å². The first-order chi connectivity index (χ1) is 16.5. The van der Waals surface area contributed by atoms with Gasteiger partial charge in [0.2, 0.25) is 5.88 Å². The molecule has 34 heavy (non-hydrogen) atoms. The molecule has 0 radical (unpaired) electrons. The van der Waals surface area contributed by atoms with E-state index in [1.165, 1.54) is 0 Å². The van der Waals surface area contributed by atoms with Gasteiger partial charge < -0.3 is 28.8 Å². The van der Waals surface area contributed by atoms with Gasteiger partial charge in [0, 0.05) is 26.1 Å². The van der Waals surface area contributed by atoms with Crippen LogP contribution in [0.25, 0.3) is 5.65 Å². The summed E-state index contributed by atoms with van der Waals surface area (Å²) in [4.78, 5) is 31.6. The summed E-state index contributed by atoms with van der Waals surface area (Å²) in [5.41, 5.74) is 3.49. The summed E-state index contributed by atoms with van der Waals surface area (Å²) in [6, 6.07) is 11.4. The molecule has 2 atom stereocenters. The number of anilines is 1. The van der Waals surface area contributed by atoms with E-state index >= 15 is 0 Å². The van der Waals surface area contributed by atoms with Crippen LogP contribution >= 0.6 is 0 Å². The fraction of sp³-hybridized carbons (Fsp3) is 0.391. The molecule has 1 aliphatic rings. The van der Waals surface area contributed by atoms with Crippen molar-refractivity contribution >= 4 is 17.3 Å². The van der Waals surface area contributed by atoms with Crippen molar-refractivity contribution in [3.63, 3.8) is 0 Å². The quantitative estimate of drug-likeness (QED) is 0.195. The third kappa shape index (κ3) is 5.54. The number of benzene rings is 1.